The molecule has 9 heteroatoms. The molecule has 0 radical (unpaired) electrons. The highest BCUT2D eigenvalue weighted by atomic mass is 32.2. The van der Waals surface area contributed by atoms with E-state index in [0.717, 1.165) is 35.1 Å². The van der Waals surface area contributed by atoms with Crippen LogP contribution in [0.15, 0.2) is 35.2 Å². The van der Waals surface area contributed by atoms with Crippen LogP contribution in [0.25, 0.3) is 10.2 Å². The van der Waals surface area contributed by atoms with Crippen molar-refractivity contribution < 1.29 is 17.9 Å². The Kier molecular flexibility index (Phi) is 5.48. The predicted molar refractivity (Wildman–Crippen MR) is 115 cm³/mol. The minimum Gasteiger partial charge on any atom is -0.379 e. The van der Waals surface area contributed by atoms with E-state index in [-0.39, 0.29) is 16.5 Å². The van der Waals surface area contributed by atoms with Gasteiger partial charge in [-0.05, 0) is 25.1 Å². The molecule has 1 aromatic carbocycles. The summed E-state index contributed by atoms with van der Waals surface area (Å²) in [7, 11) is -3.46. The van der Waals surface area contributed by atoms with Crippen molar-refractivity contribution in [2.24, 2.45) is 0 Å². The fourth-order valence-corrected chi connectivity index (χ4v) is 5.41. The van der Waals surface area contributed by atoms with Crippen LogP contribution in [-0.2, 0) is 21.1 Å². The van der Waals surface area contributed by atoms with Crippen molar-refractivity contribution in [2.45, 2.75) is 18.4 Å². The number of para-hydroxylation sites is 1. The van der Waals surface area contributed by atoms with E-state index < -0.39 is 9.84 Å². The van der Waals surface area contributed by atoms with Crippen LogP contribution in [0, 0.1) is 6.92 Å². The first-order chi connectivity index (χ1) is 13.8. The number of hydrogen-bond acceptors (Lipinski definition) is 6. The standard InChI is InChI=1S/C20H23N3O4S2/c1-13-11-16-19(28-13)14(12-23-7-9-27-10-8-23)18(21-16)20(24)22-15-5-3-4-6-17(15)29(2,25)26/h3-6,11,21H,7-10,12H2,1-2H3,(H,22,24). The number of thiophene rings is 1. The highest BCUT2D eigenvalue weighted by Gasteiger charge is 2.24. The average Bonchev–Trinajstić information content (AvgIpc) is 3.19. The topological polar surface area (TPSA) is 91.5 Å². The molecule has 0 aliphatic carbocycles. The number of nitrogens with one attached hydrogen (secondary N) is 2. The molecule has 0 saturated carbocycles. The number of sulfone groups is 1. The molecule has 154 valence electrons. The molecule has 1 amide bonds. The summed E-state index contributed by atoms with van der Waals surface area (Å²) in [5, 5.41) is 2.79. The van der Waals surface area contributed by atoms with Crippen LogP contribution in [0.5, 0.6) is 0 Å². The fourth-order valence-electron chi connectivity index (χ4n) is 3.56. The van der Waals surface area contributed by atoms with E-state index in [1.807, 2.05) is 13.0 Å². The summed E-state index contributed by atoms with van der Waals surface area (Å²) < 4.78 is 30.6. The summed E-state index contributed by atoms with van der Waals surface area (Å²) in [4.78, 5) is 19.9. The monoisotopic (exact) mass is 433 g/mol. The first-order valence-electron chi connectivity index (χ1n) is 9.34. The van der Waals surface area contributed by atoms with Crippen LogP contribution in [-0.4, -0.2) is 56.8 Å². The van der Waals surface area contributed by atoms with E-state index in [2.05, 4.69) is 15.2 Å². The van der Waals surface area contributed by atoms with Crippen LogP contribution >= 0.6 is 11.3 Å². The Bertz CT molecular complexity index is 1160. The second-order valence-corrected chi connectivity index (χ2v) is 10.4. The second-order valence-electron chi connectivity index (χ2n) is 7.19. The number of benzene rings is 1. The number of amides is 1. The minimum absolute atomic E-state index is 0.104. The molecule has 0 bridgehead atoms. The maximum Gasteiger partial charge on any atom is 0.272 e. The number of aromatic nitrogens is 1. The van der Waals surface area contributed by atoms with Crippen molar-refractivity contribution in [3.63, 3.8) is 0 Å². The largest absolute Gasteiger partial charge is 0.379 e. The number of aromatic amines is 1. The van der Waals surface area contributed by atoms with Gasteiger partial charge in [-0.25, -0.2) is 8.42 Å². The van der Waals surface area contributed by atoms with Crippen molar-refractivity contribution >= 4 is 43.0 Å². The van der Waals surface area contributed by atoms with Gasteiger partial charge in [-0.3, -0.25) is 9.69 Å². The number of rotatable bonds is 5. The highest BCUT2D eigenvalue weighted by Crippen LogP contribution is 2.32. The van der Waals surface area contributed by atoms with Crippen molar-refractivity contribution in [1.82, 2.24) is 9.88 Å². The van der Waals surface area contributed by atoms with Crippen molar-refractivity contribution in [1.29, 1.82) is 0 Å². The Labute approximate surface area is 173 Å². The zero-order chi connectivity index (χ0) is 20.6. The fraction of sp³-hybridized carbons (Fsp3) is 0.350. The Morgan fingerprint density at radius 1 is 1.28 bits per heavy atom. The molecule has 3 aromatic rings. The van der Waals surface area contributed by atoms with Gasteiger partial charge in [0.1, 0.15) is 5.69 Å². The molecular weight excluding hydrogens is 410 g/mol. The number of H-pyrrole nitrogens is 1. The molecule has 29 heavy (non-hydrogen) atoms. The van der Waals surface area contributed by atoms with Gasteiger partial charge in [-0.2, -0.15) is 0 Å². The van der Waals surface area contributed by atoms with Gasteiger partial charge in [-0.1, -0.05) is 12.1 Å². The van der Waals surface area contributed by atoms with Gasteiger partial charge in [0.15, 0.2) is 9.84 Å². The molecule has 1 fully saturated rings. The van der Waals surface area contributed by atoms with E-state index >= 15 is 0 Å². The molecule has 1 aliphatic heterocycles. The third kappa shape index (κ3) is 4.23. The van der Waals surface area contributed by atoms with E-state index in [4.69, 9.17) is 4.74 Å². The van der Waals surface area contributed by atoms with Gasteiger partial charge in [0.2, 0.25) is 0 Å². The van der Waals surface area contributed by atoms with Crippen molar-refractivity contribution in [3.8, 4) is 0 Å². The van der Waals surface area contributed by atoms with Crippen LogP contribution in [0.3, 0.4) is 0 Å². The average molecular weight is 434 g/mol. The number of hydrogen-bond donors (Lipinski definition) is 2. The van der Waals surface area contributed by atoms with Crippen LogP contribution < -0.4 is 5.32 Å². The van der Waals surface area contributed by atoms with E-state index in [0.29, 0.717) is 25.5 Å². The van der Waals surface area contributed by atoms with Crippen molar-refractivity contribution in [2.75, 3.05) is 37.9 Å². The smallest absolute Gasteiger partial charge is 0.272 e. The lowest BCUT2D eigenvalue weighted by Crippen LogP contribution is -2.36. The molecule has 2 aromatic heterocycles. The number of ether oxygens (including phenoxy) is 1. The number of carbonyl (C=O) groups excluding carboxylic acids is 1. The highest BCUT2D eigenvalue weighted by molar-refractivity contribution is 7.90. The summed E-state index contributed by atoms with van der Waals surface area (Å²) in [5.41, 5.74) is 2.62. The van der Waals surface area contributed by atoms with E-state index in [1.165, 1.54) is 10.9 Å². The molecule has 1 saturated heterocycles. The number of morpholine rings is 1. The Morgan fingerprint density at radius 2 is 2.00 bits per heavy atom. The lowest BCUT2D eigenvalue weighted by molar-refractivity contribution is 0.0343. The van der Waals surface area contributed by atoms with Gasteiger partial charge in [0, 0.05) is 36.3 Å². The van der Waals surface area contributed by atoms with E-state index in [1.54, 1.807) is 29.5 Å². The third-order valence-corrected chi connectivity index (χ3v) is 7.20. The van der Waals surface area contributed by atoms with Crippen LogP contribution in [0.4, 0.5) is 5.69 Å². The zero-order valence-electron chi connectivity index (χ0n) is 16.3. The Balaban J connectivity index is 1.69. The van der Waals surface area contributed by atoms with Gasteiger partial charge in [0.05, 0.1) is 34.0 Å². The van der Waals surface area contributed by atoms with Gasteiger partial charge >= 0.3 is 0 Å². The molecule has 1 aliphatic rings. The summed E-state index contributed by atoms with van der Waals surface area (Å²) in [6, 6.07) is 8.48. The first-order valence-corrected chi connectivity index (χ1v) is 12.1. The molecule has 0 unspecified atom stereocenters. The van der Waals surface area contributed by atoms with Gasteiger partial charge in [-0.15, -0.1) is 11.3 Å². The number of carbonyl (C=O) groups is 1. The second kappa shape index (κ2) is 7.91. The summed E-state index contributed by atoms with van der Waals surface area (Å²) in [5.74, 6) is -0.342. The Morgan fingerprint density at radius 3 is 2.72 bits per heavy atom. The quantitative estimate of drug-likeness (QED) is 0.645. The van der Waals surface area contributed by atoms with Crippen molar-refractivity contribution in [3.05, 3.63) is 46.5 Å². The number of nitrogens with zero attached hydrogens (tertiary/aromatic N) is 1. The SMILES string of the molecule is Cc1cc2[nH]c(C(=O)Nc3ccccc3S(C)(=O)=O)c(CN3CCOCC3)c2s1. The predicted octanol–water partition coefficient (Wildman–Crippen LogP) is 3.03. The molecule has 0 spiro atoms. The zero-order valence-corrected chi connectivity index (χ0v) is 18.0. The molecule has 0 atom stereocenters. The summed E-state index contributed by atoms with van der Waals surface area (Å²) in [6.07, 6.45) is 1.13. The maximum absolute atomic E-state index is 13.1. The van der Waals surface area contributed by atoms with Crippen LogP contribution in [0.2, 0.25) is 0 Å². The van der Waals surface area contributed by atoms with Gasteiger partial charge < -0.3 is 15.0 Å². The molecule has 4 rings (SSSR count). The molecule has 2 N–H and O–H groups in total. The third-order valence-electron chi connectivity index (χ3n) is 4.94. The lowest BCUT2D eigenvalue weighted by Gasteiger charge is -2.26. The number of anilines is 1. The van der Waals surface area contributed by atoms with Crippen LogP contribution in [0.1, 0.15) is 20.9 Å². The van der Waals surface area contributed by atoms with E-state index in [9.17, 15) is 13.2 Å². The molecule has 3 heterocycles. The number of fused-ring (bicyclic) bond motifs is 1. The first kappa shape index (κ1) is 20.1. The minimum atomic E-state index is -3.46. The van der Waals surface area contributed by atoms with Gasteiger partial charge in [0.25, 0.3) is 5.91 Å². The number of aryl methyl sites for hydroxylation is 1. The summed E-state index contributed by atoms with van der Waals surface area (Å²) in [6.45, 7) is 5.67. The Hall–Kier alpha value is -2.20. The summed E-state index contributed by atoms with van der Waals surface area (Å²) >= 11 is 1.65. The molecule has 7 nitrogen and oxygen atoms in total. The lowest BCUT2D eigenvalue weighted by atomic mass is 10.2. The normalized spacial score (nSPS) is 15.7. The molecular formula is C20H23N3O4S2. The maximum atomic E-state index is 13.1.